The molecule has 9 heteroatoms. The van der Waals surface area contributed by atoms with Crippen molar-refractivity contribution in [1.29, 1.82) is 0 Å². The summed E-state index contributed by atoms with van der Waals surface area (Å²) in [5.41, 5.74) is 2.90. The Hall–Kier alpha value is -3.75. The topological polar surface area (TPSA) is 93.5 Å². The molecule has 2 N–H and O–H groups in total. The second-order valence-corrected chi connectivity index (χ2v) is 8.12. The van der Waals surface area contributed by atoms with Gasteiger partial charge in [-0.3, -0.25) is 9.48 Å². The van der Waals surface area contributed by atoms with Gasteiger partial charge >= 0.3 is 0 Å². The lowest BCUT2D eigenvalue weighted by Crippen LogP contribution is -2.43. The highest BCUT2D eigenvalue weighted by Crippen LogP contribution is 2.28. The summed E-state index contributed by atoms with van der Waals surface area (Å²) < 4.78 is 12.4. The Morgan fingerprint density at radius 1 is 1.18 bits per heavy atom. The molecule has 2 aromatic heterocycles. The fourth-order valence-corrected chi connectivity index (χ4v) is 4.07. The smallest absolute Gasteiger partial charge is 0.225 e. The SMILES string of the molecule is COc1ccc(CNC(=O)[C@H]2CCCN(c3ccnc(Nc4cnn(C)c4)c3)C2)cc1OC. The first-order valence-corrected chi connectivity index (χ1v) is 11.0. The largest absolute Gasteiger partial charge is 0.493 e. The number of amides is 1. The Bertz CT molecular complexity index is 1100. The van der Waals surface area contributed by atoms with Crippen molar-refractivity contribution in [2.45, 2.75) is 19.4 Å². The molecule has 33 heavy (non-hydrogen) atoms. The van der Waals surface area contributed by atoms with Crippen LogP contribution in [0.3, 0.4) is 0 Å². The highest BCUT2D eigenvalue weighted by molar-refractivity contribution is 5.79. The highest BCUT2D eigenvalue weighted by atomic mass is 16.5. The lowest BCUT2D eigenvalue weighted by molar-refractivity contribution is -0.125. The van der Waals surface area contributed by atoms with Gasteiger partial charge in [-0.1, -0.05) is 6.07 Å². The molecule has 4 rings (SSSR count). The standard InChI is InChI=1S/C24H30N6O3/c1-29-16-19(14-27-29)28-23-12-20(8-9-25-23)30-10-4-5-18(15-30)24(31)26-13-17-6-7-21(32-2)22(11-17)33-3/h6-9,11-12,14,16,18H,4-5,10,13,15H2,1-3H3,(H,25,28)(H,26,31)/t18-/m0/s1. The summed E-state index contributed by atoms with van der Waals surface area (Å²) in [5.74, 6) is 2.08. The summed E-state index contributed by atoms with van der Waals surface area (Å²) >= 11 is 0. The summed E-state index contributed by atoms with van der Waals surface area (Å²) in [7, 11) is 5.08. The number of methoxy groups -OCH3 is 2. The van der Waals surface area contributed by atoms with E-state index in [2.05, 4.69) is 25.6 Å². The van der Waals surface area contributed by atoms with Crippen LogP contribution in [0.15, 0.2) is 48.9 Å². The third-order valence-corrected chi connectivity index (χ3v) is 5.79. The number of nitrogens with one attached hydrogen (secondary N) is 2. The van der Waals surface area contributed by atoms with E-state index >= 15 is 0 Å². The molecule has 1 atom stereocenters. The van der Waals surface area contributed by atoms with Crippen LogP contribution in [0.1, 0.15) is 18.4 Å². The van der Waals surface area contributed by atoms with E-state index in [1.807, 2.05) is 43.6 Å². The maximum absolute atomic E-state index is 12.9. The van der Waals surface area contributed by atoms with E-state index in [0.717, 1.165) is 42.1 Å². The maximum atomic E-state index is 12.9. The molecular formula is C24H30N6O3. The van der Waals surface area contributed by atoms with E-state index in [-0.39, 0.29) is 11.8 Å². The van der Waals surface area contributed by atoms with E-state index in [1.165, 1.54) is 0 Å². The number of aryl methyl sites for hydroxylation is 1. The van der Waals surface area contributed by atoms with E-state index in [1.54, 1.807) is 31.3 Å². The van der Waals surface area contributed by atoms with Crippen LogP contribution in [0.2, 0.25) is 0 Å². The summed E-state index contributed by atoms with van der Waals surface area (Å²) in [6, 6.07) is 9.67. The summed E-state index contributed by atoms with van der Waals surface area (Å²) in [5, 5.41) is 10.5. The van der Waals surface area contributed by atoms with Crippen LogP contribution in [0.5, 0.6) is 11.5 Å². The Labute approximate surface area is 193 Å². The molecule has 174 valence electrons. The minimum Gasteiger partial charge on any atom is -0.493 e. The van der Waals surface area contributed by atoms with E-state index in [0.29, 0.717) is 24.6 Å². The second-order valence-electron chi connectivity index (χ2n) is 8.12. The molecule has 0 spiro atoms. The number of benzene rings is 1. The minimum absolute atomic E-state index is 0.0669. The van der Waals surface area contributed by atoms with Crippen molar-refractivity contribution < 1.29 is 14.3 Å². The van der Waals surface area contributed by atoms with Gasteiger partial charge in [0.15, 0.2) is 11.5 Å². The molecule has 1 saturated heterocycles. The van der Waals surface area contributed by atoms with Crippen molar-refractivity contribution >= 4 is 23.1 Å². The van der Waals surface area contributed by atoms with Gasteiger partial charge in [0, 0.05) is 50.8 Å². The van der Waals surface area contributed by atoms with Crippen molar-refractivity contribution in [3.8, 4) is 11.5 Å². The van der Waals surface area contributed by atoms with Crippen molar-refractivity contribution in [1.82, 2.24) is 20.1 Å². The lowest BCUT2D eigenvalue weighted by atomic mass is 9.96. The molecule has 0 radical (unpaired) electrons. The van der Waals surface area contributed by atoms with Crippen LogP contribution >= 0.6 is 0 Å². The van der Waals surface area contributed by atoms with Gasteiger partial charge in [-0.2, -0.15) is 5.10 Å². The fraction of sp³-hybridized carbons (Fsp3) is 0.375. The zero-order valence-corrected chi connectivity index (χ0v) is 19.2. The molecule has 0 saturated carbocycles. The number of aromatic nitrogens is 3. The van der Waals surface area contributed by atoms with Crippen LogP contribution in [-0.2, 0) is 18.4 Å². The normalized spacial score (nSPS) is 15.7. The molecule has 1 aromatic carbocycles. The molecule has 0 bridgehead atoms. The summed E-state index contributed by atoms with van der Waals surface area (Å²) in [6.45, 7) is 2.04. The second kappa shape index (κ2) is 10.2. The first kappa shape index (κ1) is 22.4. The maximum Gasteiger partial charge on any atom is 0.225 e. The number of anilines is 3. The summed E-state index contributed by atoms with van der Waals surface area (Å²) in [6.07, 6.45) is 7.28. The highest BCUT2D eigenvalue weighted by Gasteiger charge is 2.26. The molecule has 9 nitrogen and oxygen atoms in total. The molecule has 1 fully saturated rings. The number of pyridine rings is 1. The first-order valence-electron chi connectivity index (χ1n) is 11.0. The van der Waals surface area contributed by atoms with Crippen molar-refractivity contribution in [2.24, 2.45) is 13.0 Å². The predicted molar refractivity (Wildman–Crippen MR) is 127 cm³/mol. The van der Waals surface area contributed by atoms with Crippen LogP contribution in [-0.4, -0.2) is 48.0 Å². The molecule has 1 amide bonds. The number of piperidine rings is 1. The number of carbonyl (C=O) groups is 1. The number of nitrogens with zero attached hydrogens (tertiary/aromatic N) is 4. The lowest BCUT2D eigenvalue weighted by Gasteiger charge is -2.33. The third kappa shape index (κ3) is 5.54. The number of hydrogen-bond donors (Lipinski definition) is 2. The van der Waals surface area contributed by atoms with Gasteiger partial charge in [-0.05, 0) is 36.6 Å². The average molecular weight is 451 g/mol. The zero-order chi connectivity index (χ0) is 23.2. The average Bonchev–Trinajstić information content (AvgIpc) is 3.26. The Morgan fingerprint density at radius 2 is 2.03 bits per heavy atom. The number of hydrogen-bond acceptors (Lipinski definition) is 7. The van der Waals surface area contributed by atoms with Gasteiger partial charge in [0.25, 0.3) is 0 Å². The first-order chi connectivity index (χ1) is 16.1. The van der Waals surface area contributed by atoms with Crippen molar-refractivity contribution in [3.05, 3.63) is 54.5 Å². The zero-order valence-electron chi connectivity index (χ0n) is 19.2. The van der Waals surface area contributed by atoms with Gasteiger partial charge in [0.05, 0.1) is 32.0 Å². The Kier molecular flexibility index (Phi) is 6.97. The van der Waals surface area contributed by atoms with Gasteiger partial charge in [0.2, 0.25) is 5.91 Å². The number of rotatable bonds is 8. The van der Waals surface area contributed by atoms with Crippen LogP contribution < -0.4 is 25.0 Å². The third-order valence-electron chi connectivity index (χ3n) is 5.79. The molecule has 3 heterocycles. The van der Waals surface area contributed by atoms with E-state index in [9.17, 15) is 4.79 Å². The van der Waals surface area contributed by atoms with E-state index < -0.39 is 0 Å². The quantitative estimate of drug-likeness (QED) is 0.545. The number of ether oxygens (including phenoxy) is 2. The number of carbonyl (C=O) groups excluding carboxylic acids is 1. The van der Waals surface area contributed by atoms with Crippen molar-refractivity contribution in [3.63, 3.8) is 0 Å². The van der Waals surface area contributed by atoms with E-state index in [4.69, 9.17) is 9.47 Å². The van der Waals surface area contributed by atoms with Gasteiger partial charge in [-0.25, -0.2) is 4.98 Å². The molecule has 0 aliphatic carbocycles. The van der Waals surface area contributed by atoms with Crippen LogP contribution in [0.25, 0.3) is 0 Å². The van der Waals surface area contributed by atoms with Crippen LogP contribution in [0.4, 0.5) is 17.2 Å². The Morgan fingerprint density at radius 3 is 2.79 bits per heavy atom. The molecule has 3 aromatic rings. The van der Waals surface area contributed by atoms with Gasteiger partial charge in [0.1, 0.15) is 5.82 Å². The molecular weight excluding hydrogens is 420 g/mol. The minimum atomic E-state index is -0.0678. The Balaban J connectivity index is 1.36. The molecule has 1 aliphatic heterocycles. The molecule has 0 unspecified atom stereocenters. The van der Waals surface area contributed by atoms with Gasteiger partial charge < -0.3 is 25.0 Å². The summed E-state index contributed by atoms with van der Waals surface area (Å²) in [4.78, 5) is 19.6. The van der Waals surface area contributed by atoms with Crippen LogP contribution in [0, 0.1) is 5.92 Å². The monoisotopic (exact) mass is 450 g/mol. The molecule has 1 aliphatic rings. The van der Waals surface area contributed by atoms with Crippen molar-refractivity contribution in [2.75, 3.05) is 37.5 Å². The van der Waals surface area contributed by atoms with Gasteiger partial charge in [-0.15, -0.1) is 0 Å². The fourth-order valence-electron chi connectivity index (χ4n) is 4.07. The predicted octanol–water partition coefficient (Wildman–Crippen LogP) is 3.11.